The lowest BCUT2D eigenvalue weighted by molar-refractivity contribution is -0.139. The first-order valence-corrected chi connectivity index (χ1v) is 18.1. The maximum Gasteiger partial charge on any atom is 0.328 e. The Bertz CT molecular complexity index is 1600. The Hall–Kier alpha value is -3.64. The number of nitrogens with zero attached hydrogens (tertiary/aromatic N) is 2. The van der Waals surface area contributed by atoms with Crippen molar-refractivity contribution in [3.63, 3.8) is 0 Å². The van der Waals surface area contributed by atoms with Crippen molar-refractivity contribution >= 4 is 39.6 Å². The van der Waals surface area contributed by atoms with Gasteiger partial charge in [0.25, 0.3) is 10.0 Å². The predicted molar refractivity (Wildman–Crippen MR) is 175 cm³/mol. The molecule has 3 aromatic rings. The van der Waals surface area contributed by atoms with E-state index in [9.17, 15) is 22.8 Å². The zero-order valence-corrected chi connectivity index (χ0v) is 27.8. The predicted octanol–water partition coefficient (Wildman–Crippen LogP) is 5.98. The van der Waals surface area contributed by atoms with Crippen LogP contribution in [0.5, 0.6) is 0 Å². The normalized spacial score (nSPS) is 13.8. The number of esters is 1. The number of benzene rings is 2. The van der Waals surface area contributed by atoms with Gasteiger partial charge in [0.05, 0.1) is 12.0 Å². The van der Waals surface area contributed by atoms with Crippen molar-refractivity contribution in [2.45, 2.75) is 81.2 Å². The summed E-state index contributed by atoms with van der Waals surface area (Å²) < 4.78 is 35.4. The van der Waals surface area contributed by atoms with E-state index < -0.39 is 22.0 Å². The maximum atomic E-state index is 13.3. The SMILES string of the molecule is CCCCc1nc(SC)c(C(=O)CC(=O)OC)n1Cc1ccc(-c2ccccc2S(=O)(=O)NC(=O)NCC2CCCCC2)cc1. The number of methoxy groups -OCH3 is 1. The number of sulfonamides is 1. The van der Waals surface area contributed by atoms with E-state index in [1.807, 2.05) is 35.1 Å². The fraction of sp³-hybridized carbons (Fsp3) is 0.455. The van der Waals surface area contributed by atoms with E-state index in [0.29, 0.717) is 47.3 Å². The minimum Gasteiger partial charge on any atom is -0.469 e. The monoisotopic (exact) mass is 654 g/mol. The quantitative estimate of drug-likeness (QED) is 0.0938. The van der Waals surface area contributed by atoms with Crippen LogP contribution in [0.4, 0.5) is 4.79 Å². The Morgan fingerprint density at radius 1 is 1.04 bits per heavy atom. The Labute approximate surface area is 269 Å². The summed E-state index contributed by atoms with van der Waals surface area (Å²) in [6.07, 6.45) is 9.55. The van der Waals surface area contributed by atoms with E-state index in [0.717, 1.165) is 49.9 Å². The van der Waals surface area contributed by atoms with Gasteiger partial charge in [0, 0.05) is 25.1 Å². The van der Waals surface area contributed by atoms with E-state index in [1.165, 1.54) is 31.4 Å². The fourth-order valence-corrected chi connectivity index (χ4v) is 7.40. The third kappa shape index (κ3) is 8.97. The average Bonchev–Trinajstić information content (AvgIpc) is 3.40. The van der Waals surface area contributed by atoms with Crippen LogP contribution in [0.3, 0.4) is 0 Å². The Morgan fingerprint density at radius 3 is 2.42 bits per heavy atom. The summed E-state index contributed by atoms with van der Waals surface area (Å²) in [5.74, 6) is 0.178. The molecule has 12 heteroatoms. The van der Waals surface area contributed by atoms with E-state index in [1.54, 1.807) is 18.2 Å². The van der Waals surface area contributed by atoms with Gasteiger partial charge in [0.1, 0.15) is 23.0 Å². The van der Waals surface area contributed by atoms with E-state index in [-0.39, 0.29) is 17.1 Å². The zero-order valence-electron chi connectivity index (χ0n) is 26.1. The summed E-state index contributed by atoms with van der Waals surface area (Å²) in [6, 6.07) is 13.2. The molecule has 2 amide bonds. The highest BCUT2D eigenvalue weighted by Crippen LogP contribution is 2.29. The number of ketones is 1. The molecule has 0 spiro atoms. The Balaban J connectivity index is 1.56. The first-order chi connectivity index (χ1) is 21.7. The van der Waals surface area contributed by atoms with Gasteiger partial charge in [-0.2, -0.15) is 0 Å². The second kappa shape index (κ2) is 16.1. The van der Waals surface area contributed by atoms with Crippen molar-refractivity contribution < 1.29 is 27.5 Å². The second-order valence-corrected chi connectivity index (χ2v) is 13.7. The largest absolute Gasteiger partial charge is 0.469 e. The Morgan fingerprint density at radius 2 is 1.76 bits per heavy atom. The molecule has 0 unspecified atom stereocenters. The molecule has 45 heavy (non-hydrogen) atoms. The molecule has 1 saturated carbocycles. The van der Waals surface area contributed by atoms with Crippen molar-refractivity contribution in [3.05, 3.63) is 65.6 Å². The molecule has 1 heterocycles. The number of rotatable bonds is 14. The second-order valence-electron chi connectivity index (χ2n) is 11.3. The molecule has 2 N–H and O–H groups in total. The molecule has 1 aliphatic rings. The fourth-order valence-electron chi connectivity index (χ4n) is 5.62. The number of nitrogens with one attached hydrogen (secondary N) is 2. The number of imidazole rings is 1. The Kier molecular flexibility index (Phi) is 12.2. The molecule has 0 aliphatic heterocycles. The molecule has 1 aromatic heterocycles. The minimum atomic E-state index is -4.14. The number of hydrogen-bond acceptors (Lipinski definition) is 8. The van der Waals surface area contributed by atoms with Gasteiger partial charge in [-0.1, -0.05) is 75.1 Å². The molecule has 0 atom stereocenters. The van der Waals surface area contributed by atoms with Gasteiger partial charge in [-0.3, -0.25) is 9.59 Å². The third-order valence-corrected chi connectivity index (χ3v) is 10.1. The van der Waals surface area contributed by atoms with Gasteiger partial charge in [0.15, 0.2) is 5.78 Å². The summed E-state index contributed by atoms with van der Waals surface area (Å²) in [5.41, 5.74) is 2.37. The maximum absolute atomic E-state index is 13.3. The van der Waals surface area contributed by atoms with Crippen LogP contribution >= 0.6 is 11.8 Å². The number of ether oxygens (including phenoxy) is 1. The van der Waals surface area contributed by atoms with Crippen LogP contribution < -0.4 is 10.0 Å². The molecule has 1 aliphatic carbocycles. The molecule has 0 radical (unpaired) electrons. The third-order valence-electron chi connectivity index (χ3n) is 8.04. The summed E-state index contributed by atoms with van der Waals surface area (Å²) in [4.78, 5) is 42.4. The van der Waals surface area contributed by atoms with Crippen LogP contribution in [0, 0.1) is 5.92 Å². The molecule has 4 rings (SSSR count). The first kappa shape index (κ1) is 34.2. The van der Waals surface area contributed by atoms with Crippen molar-refractivity contribution in [2.75, 3.05) is 19.9 Å². The standard InChI is InChI=1S/C33H42N4O6S2/c1-4-5-15-29-35-32(44-3)31(27(38)20-30(39)43-2)37(29)22-24-16-18-25(19-17-24)26-13-9-10-14-28(26)45(41,42)36-33(40)34-21-23-11-7-6-8-12-23/h9-10,13-14,16-19,23H,4-8,11-12,15,20-22H2,1-3H3,(H2,34,36,40). The molecule has 2 aromatic carbocycles. The number of carbonyl (C=O) groups excluding carboxylic acids is 3. The van der Waals surface area contributed by atoms with Crippen LogP contribution in [0.1, 0.15) is 80.2 Å². The zero-order chi connectivity index (χ0) is 32.4. The van der Waals surface area contributed by atoms with Crippen molar-refractivity contribution in [1.82, 2.24) is 19.6 Å². The summed E-state index contributed by atoms with van der Waals surface area (Å²) in [6.45, 7) is 2.88. The summed E-state index contributed by atoms with van der Waals surface area (Å²) in [5, 5.41) is 3.30. The number of urea groups is 1. The highest BCUT2D eigenvalue weighted by Gasteiger charge is 2.26. The lowest BCUT2D eigenvalue weighted by Crippen LogP contribution is -2.41. The molecule has 10 nitrogen and oxygen atoms in total. The minimum absolute atomic E-state index is 0.00216. The lowest BCUT2D eigenvalue weighted by Gasteiger charge is -2.21. The number of carbonyl (C=O) groups is 3. The van der Waals surface area contributed by atoms with Crippen molar-refractivity contribution in [3.8, 4) is 11.1 Å². The highest BCUT2D eigenvalue weighted by atomic mass is 32.2. The van der Waals surface area contributed by atoms with Crippen LogP contribution in [0.15, 0.2) is 58.5 Å². The molecule has 0 bridgehead atoms. The van der Waals surface area contributed by atoms with Gasteiger partial charge in [-0.25, -0.2) is 22.9 Å². The van der Waals surface area contributed by atoms with Gasteiger partial charge in [0.2, 0.25) is 0 Å². The smallest absolute Gasteiger partial charge is 0.328 e. The lowest BCUT2D eigenvalue weighted by atomic mass is 9.89. The average molecular weight is 655 g/mol. The van der Waals surface area contributed by atoms with Crippen molar-refractivity contribution in [2.24, 2.45) is 5.92 Å². The summed E-state index contributed by atoms with van der Waals surface area (Å²) >= 11 is 1.36. The number of aromatic nitrogens is 2. The number of thioether (sulfide) groups is 1. The molecular weight excluding hydrogens is 613 g/mol. The van der Waals surface area contributed by atoms with Crippen molar-refractivity contribution in [1.29, 1.82) is 0 Å². The summed E-state index contributed by atoms with van der Waals surface area (Å²) in [7, 11) is -2.89. The van der Waals surface area contributed by atoms with Crippen LogP contribution in [0.2, 0.25) is 0 Å². The van der Waals surface area contributed by atoms with E-state index >= 15 is 0 Å². The molecular formula is C33H42N4O6S2. The molecule has 242 valence electrons. The van der Waals surface area contributed by atoms with Gasteiger partial charge in [-0.05, 0) is 48.6 Å². The van der Waals surface area contributed by atoms with Gasteiger partial charge >= 0.3 is 12.0 Å². The topological polar surface area (TPSA) is 136 Å². The van der Waals surface area contributed by atoms with E-state index in [2.05, 4.69) is 17.0 Å². The highest BCUT2D eigenvalue weighted by molar-refractivity contribution is 7.98. The van der Waals surface area contributed by atoms with Crippen LogP contribution in [-0.2, 0) is 32.5 Å². The van der Waals surface area contributed by atoms with Gasteiger partial charge < -0.3 is 14.6 Å². The number of Topliss-reactive ketones (excluding diaryl/α,β-unsaturated/α-hetero) is 1. The van der Waals surface area contributed by atoms with Gasteiger partial charge in [-0.15, -0.1) is 11.8 Å². The molecule has 0 saturated heterocycles. The number of hydrogen-bond donors (Lipinski definition) is 2. The molecule has 1 fully saturated rings. The van der Waals surface area contributed by atoms with Crippen LogP contribution in [-0.4, -0.2) is 55.7 Å². The number of aryl methyl sites for hydroxylation is 1. The number of amides is 2. The van der Waals surface area contributed by atoms with E-state index in [4.69, 9.17) is 9.72 Å². The van der Waals surface area contributed by atoms with Crippen LogP contribution in [0.25, 0.3) is 11.1 Å². The first-order valence-electron chi connectivity index (χ1n) is 15.4. The number of unbranched alkanes of at least 4 members (excludes halogenated alkanes) is 1.